The number of thiophene rings is 1. The van der Waals surface area contributed by atoms with Gasteiger partial charge in [0.2, 0.25) is 5.91 Å². The molecule has 130 valence electrons. The van der Waals surface area contributed by atoms with Crippen LogP contribution in [0.5, 0.6) is 11.5 Å². The van der Waals surface area contributed by atoms with Gasteiger partial charge in [-0.05, 0) is 23.6 Å². The molecule has 2 heterocycles. The van der Waals surface area contributed by atoms with Crippen LogP contribution in [0.15, 0.2) is 41.1 Å². The molecular weight excluding hydrogens is 356 g/mol. The second-order valence-electron chi connectivity index (χ2n) is 5.25. The SMILES string of the molecule is COc1ccc(CNC(=O)Cc2csc(-c3cccs3)n2)c(OC)c1. The van der Waals surface area contributed by atoms with Crippen molar-refractivity contribution in [3.05, 3.63) is 52.3 Å². The summed E-state index contributed by atoms with van der Waals surface area (Å²) in [7, 11) is 3.20. The highest BCUT2D eigenvalue weighted by atomic mass is 32.1. The van der Waals surface area contributed by atoms with Gasteiger partial charge in [-0.2, -0.15) is 0 Å². The van der Waals surface area contributed by atoms with Crippen molar-refractivity contribution in [1.82, 2.24) is 10.3 Å². The Bertz CT molecular complexity index is 844. The number of methoxy groups -OCH3 is 2. The van der Waals surface area contributed by atoms with E-state index in [1.807, 2.05) is 35.0 Å². The average molecular weight is 374 g/mol. The summed E-state index contributed by atoms with van der Waals surface area (Å²) in [6, 6.07) is 9.56. The molecule has 3 aromatic rings. The molecule has 0 aliphatic heterocycles. The third-order valence-electron chi connectivity index (χ3n) is 3.60. The summed E-state index contributed by atoms with van der Waals surface area (Å²) in [6.45, 7) is 0.397. The first kappa shape index (κ1) is 17.4. The minimum atomic E-state index is -0.0686. The number of benzene rings is 1. The summed E-state index contributed by atoms with van der Waals surface area (Å²) >= 11 is 3.21. The molecule has 1 N–H and O–H groups in total. The third-order valence-corrected chi connectivity index (χ3v) is 5.53. The maximum atomic E-state index is 12.2. The zero-order valence-corrected chi connectivity index (χ0v) is 15.6. The highest BCUT2D eigenvalue weighted by Crippen LogP contribution is 2.28. The second kappa shape index (κ2) is 8.13. The monoisotopic (exact) mass is 374 g/mol. The molecule has 0 bridgehead atoms. The molecule has 3 rings (SSSR count). The summed E-state index contributed by atoms with van der Waals surface area (Å²) in [4.78, 5) is 17.9. The number of amides is 1. The molecule has 0 unspecified atom stereocenters. The van der Waals surface area contributed by atoms with E-state index in [-0.39, 0.29) is 12.3 Å². The van der Waals surface area contributed by atoms with Crippen LogP contribution in [-0.4, -0.2) is 25.1 Å². The number of nitrogens with one attached hydrogen (secondary N) is 1. The van der Waals surface area contributed by atoms with Crippen LogP contribution in [0.1, 0.15) is 11.3 Å². The van der Waals surface area contributed by atoms with Crippen molar-refractivity contribution in [1.29, 1.82) is 0 Å². The fourth-order valence-corrected chi connectivity index (χ4v) is 3.95. The first-order chi connectivity index (χ1) is 12.2. The van der Waals surface area contributed by atoms with Crippen molar-refractivity contribution in [2.24, 2.45) is 0 Å². The summed E-state index contributed by atoms with van der Waals surface area (Å²) < 4.78 is 10.5. The van der Waals surface area contributed by atoms with Gasteiger partial charge in [0.05, 0.1) is 31.2 Å². The average Bonchev–Trinajstić information content (AvgIpc) is 3.31. The quantitative estimate of drug-likeness (QED) is 0.684. The number of rotatable bonds is 7. The fourth-order valence-electron chi connectivity index (χ4n) is 2.32. The maximum Gasteiger partial charge on any atom is 0.226 e. The predicted molar refractivity (Wildman–Crippen MR) is 101 cm³/mol. The minimum absolute atomic E-state index is 0.0686. The minimum Gasteiger partial charge on any atom is -0.497 e. The Labute approximate surface area is 154 Å². The topological polar surface area (TPSA) is 60.5 Å². The van der Waals surface area contributed by atoms with Gasteiger partial charge in [-0.3, -0.25) is 4.79 Å². The lowest BCUT2D eigenvalue weighted by Gasteiger charge is -2.11. The Hall–Kier alpha value is -2.38. The Morgan fingerprint density at radius 2 is 2.08 bits per heavy atom. The Kier molecular flexibility index (Phi) is 5.67. The normalized spacial score (nSPS) is 10.5. The lowest BCUT2D eigenvalue weighted by molar-refractivity contribution is -0.120. The highest BCUT2D eigenvalue weighted by molar-refractivity contribution is 7.20. The third kappa shape index (κ3) is 4.37. The van der Waals surface area contributed by atoms with E-state index in [0.717, 1.165) is 26.9 Å². The van der Waals surface area contributed by atoms with Crippen molar-refractivity contribution >= 4 is 28.6 Å². The summed E-state index contributed by atoms with van der Waals surface area (Å²) in [6.07, 6.45) is 0.264. The van der Waals surface area contributed by atoms with E-state index < -0.39 is 0 Å². The molecular formula is C18H18N2O3S2. The van der Waals surface area contributed by atoms with Crippen molar-refractivity contribution in [2.75, 3.05) is 14.2 Å². The lowest BCUT2D eigenvalue weighted by Crippen LogP contribution is -2.24. The predicted octanol–water partition coefficient (Wildman–Crippen LogP) is 3.75. The molecule has 1 aromatic carbocycles. The van der Waals surface area contributed by atoms with Crippen LogP contribution in [0.2, 0.25) is 0 Å². The smallest absolute Gasteiger partial charge is 0.226 e. The number of thiazole rings is 1. The standard InChI is InChI=1S/C18H18N2O3S2/c1-22-14-6-5-12(15(9-14)23-2)10-19-17(21)8-13-11-25-18(20-13)16-4-3-7-24-16/h3-7,9,11H,8,10H2,1-2H3,(H,19,21). The molecule has 0 spiro atoms. The number of carbonyl (C=O) groups is 1. The highest BCUT2D eigenvalue weighted by Gasteiger charge is 2.11. The lowest BCUT2D eigenvalue weighted by atomic mass is 10.2. The van der Waals surface area contributed by atoms with Crippen LogP contribution >= 0.6 is 22.7 Å². The Balaban J connectivity index is 1.58. The number of aromatic nitrogens is 1. The van der Waals surface area contributed by atoms with E-state index in [4.69, 9.17) is 9.47 Å². The van der Waals surface area contributed by atoms with Crippen LogP contribution in [0.25, 0.3) is 9.88 Å². The van der Waals surface area contributed by atoms with Crippen LogP contribution in [0.4, 0.5) is 0 Å². The number of carbonyl (C=O) groups excluding carboxylic acids is 1. The van der Waals surface area contributed by atoms with Crippen LogP contribution in [0, 0.1) is 0 Å². The zero-order chi connectivity index (χ0) is 17.6. The van der Waals surface area contributed by atoms with E-state index in [0.29, 0.717) is 12.3 Å². The molecule has 0 saturated heterocycles. The number of hydrogen-bond acceptors (Lipinski definition) is 6. The summed E-state index contributed by atoms with van der Waals surface area (Å²) in [5.41, 5.74) is 1.68. The van der Waals surface area contributed by atoms with Crippen LogP contribution < -0.4 is 14.8 Å². The summed E-state index contributed by atoms with van der Waals surface area (Å²) in [5.74, 6) is 1.34. The van der Waals surface area contributed by atoms with Crippen molar-refractivity contribution in [2.45, 2.75) is 13.0 Å². The molecule has 0 atom stereocenters. The van der Waals surface area contributed by atoms with Gasteiger partial charge < -0.3 is 14.8 Å². The van der Waals surface area contributed by atoms with E-state index in [1.165, 1.54) is 0 Å². The molecule has 0 radical (unpaired) electrons. The maximum absolute atomic E-state index is 12.2. The molecule has 7 heteroatoms. The fraction of sp³-hybridized carbons (Fsp3) is 0.222. The van der Waals surface area contributed by atoms with Crippen LogP contribution in [0.3, 0.4) is 0 Å². The van der Waals surface area contributed by atoms with Gasteiger partial charge in [0.15, 0.2) is 0 Å². The molecule has 0 fully saturated rings. The van der Waals surface area contributed by atoms with Gasteiger partial charge in [0.25, 0.3) is 0 Å². The number of hydrogen-bond donors (Lipinski definition) is 1. The molecule has 2 aromatic heterocycles. The molecule has 1 amide bonds. The van der Waals surface area contributed by atoms with Gasteiger partial charge in [-0.25, -0.2) is 4.98 Å². The van der Waals surface area contributed by atoms with Crippen molar-refractivity contribution in [3.8, 4) is 21.4 Å². The first-order valence-corrected chi connectivity index (χ1v) is 9.41. The molecule has 0 aliphatic rings. The largest absolute Gasteiger partial charge is 0.497 e. The molecule has 0 saturated carbocycles. The zero-order valence-electron chi connectivity index (χ0n) is 13.9. The van der Waals surface area contributed by atoms with Crippen LogP contribution in [-0.2, 0) is 17.8 Å². The number of nitrogens with zero attached hydrogens (tertiary/aromatic N) is 1. The second-order valence-corrected chi connectivity index (χ2v) is 7.06. The van der Waals surface area contributed by atoms with Gasteiger partial charge in [0.1, 0.15) is 16.5 Å². The van der Waals surface area contributed by atoms with Gasteiger partial charge in [-0.1, -0.05) is 6.07 Å². The van der Waals surface area contributed by atoms with Gasteiger partial charge in [0, 0.05) is 23.6 Å². The van der Waals surface area contributed by atoms with E-state index in [1.54, 1.807) is 43.0 Å². The molecule has 0 aliphatic carbocycles. The number of ether oxygens (including phenoxy) is 2. The van der Waals surface area contributed by atoms with Gasteiger partial charge >= 0.3 is 0 Å². The van der Waals surface area contributed by atoms with Crippen molar-refractivity contribution in [3.63, 3.8) is 0 Å². The van der Waals surface area contributed by atoms with Crippen molar-refractivity contribution < 1.29 is 14.3 Å². The summed E-state index contributed by atoms with van der Waals surface area (Å²) in [5, 5.41) is 7.82. The van der Waals surface area contributed by atoms with Gasteiger partial charge in [-0.15, -0.1) is 22.7 Å². The first-order valence-electron chi connectivity index (χ1n) is 7.65. The molecule has 5 nitrogen and oxygen atoms in total. The van der Waals surface area contributed by atoms with E-state index in [2.05, 4.69) is 10.3 Å². The molecule has 25 heavy (non-hydrogen) atoms. The Morgan fingerprint density at radius 1 is 1.20 bits per heavy atom. The van der Waals surface area contributed by atoms with E-state index >= 15 is 0 Å². The van der Waals surface area contributed by atoms with E-state index in [9.17, 15) is 4.79 Å². The Morgan fingerprint density at radius 3 is 2.80 bits per heavy atom.